The number of hydrogen-bond acceptors (Lipinski definition) is 1. The van der Waals surface area contributed by atoms with Crippen molar-refractivity contribution in [3.05, 3.63) is 30.1 Å². The molecule has 2 nitrogen and oxygen atoms in total. The summed E-state index contributed by atoms with van der Waals surface area (Å²) in [5.41, 5.74) is 0.784. The van der Waals surface area contributed by atoms with Crippen LogP contribution < -0.4 is 9.80 Å². The number of hydrogen-bond donors (Lipinski definition) is 1. The standard InChI is InChI=1S/C18H27FN2/c1-2-15-7-9-16(10-8-15)20-11-13-21(14-12-20)18-6-4-3-5-17(18)19/h3-6,15-16H,2,7-14H2,1H3/p+1. The van der Waals surface area contributed by atoms with Crippen LogP contribution in [0.15, 0.2) is 24.3 Å². The predicted octanol–water partition coefficient (Wildman–Crippen LogP) is 2.50. The fourth-order valence-corrected chi connectivity index (χ4v) is 4.13. The van der Waals surface area contributed by atoms with Gasteiger partial charge in [-0.3, -0.25) is 0 Å². The number of nitrogens with zero attached hydrogens (tertiary/aromatic N) is 1. The molecular weight excluding hydrogens is 263 g/mol. The van der Waals surface area contributed by atoms with Crippen molar-refractivity contribution in [1.82, 2.24) is 0 Å². The van der Waals surface area contributed by atoms with Crippen LogP contribution >= 0.6 is 0 Å². The molecule has 2 fully saturated rings. The van der Waals surface area contributed by atoms with Crippen LogP contribution in [0.5, 0.6) is 0 Å². The van der Waals surface area contributed by atoms with Gasteiger partial charge in [0.15, 0.2) is 0 Å². The molecule has 0 aromatic heterocycles. The summed E-state index contributed by atoms with van der Waals surface area (Å²) in [5, 5.41) is 0. The zero-order chi connectivity index (χ0) is 14.7. The maximum Gasteiger partial charge on any atom is 0.146 e. The number of quaternary nitrogens is 1. The predicted molar refractivity (Wildman–Crippen MR) is 85.3 cm³/mol. The minimum atomic E-state index is -0.0793. The fraction of sp³-hybridized carbons (Fsp3) is 0.667. The first-order valence-corrected chi connectivity index (χ1v) is 8.62. The van der Waals surface area contributed by atoms with Crippen LogP contribution in [-0.4, -0.2) is 32.2 Å². The van der Waals surface area contributed by atoms with Crippen molar-refractivity contribution >= 4 is 5.69 Å². The van der Waals surface area contributed by atoms with Crippen molar-refractivity contribution in [2.24, 2.45) is 5.92 Å². The molecule has 1 aliphatic carbocycles. The highest BCUT2D eigenvalue weighted by Gasteiger charge is 2.31. The maximum absolute atomic E-state index is 13.9. The van der Waals surface area contributed by atoms with Gasteiger partial charge in [-0.1, -0.05) is 25.5 Å². The third kappa shape index (κ3) is 3.39. The van der Waals surface area contributed by atoms with Gasteiger partial charge in [-0.25, -0.2) is 4.39 Å². The van der Waals surface area contributed by atoms with Crippen LogP contribution in [0.4, 0.5) is 10.1 Å². The molecule has 0 atom stereocenters. The minimum absolute atomic E-state index is 0.0793. The zero-order valence-electron chi connectivity index (χ0n) is 13.2. The fourth-order valence-electron chi connectivity index (χ4n) is 4.13. The van der Waals surface area contributed by atoms with Crippen LogP contribution in [-0.2, 0) is 0 Å². The molecule has 21 heavy (non-hydrogen) atoms. The molecule has 0 bridgehead atoms. The average molecular weight is 291 g/mol. The molecule has 1 aromatic carbocycles. The number of nitrogens with one attached hydrogen (secondary N) is 1. The summed E-state index contributed by atoms with van der Waals surface area (Å²) in [7, 11) is 0. The number of para-hydroxylation sites is 1. The highest BCUT2D eigenvalue weighted by Crippen LogP contribution is 2.25. The Morgan fingerprint density at radius 1 is 1.10 bits per heavy atom. The second-order valence-corrected chi connectivity index (χ2v) is 6.72. The third-order valence-electron chi connectivity index (χ3n) is 5.60. The third-order valence-corrected chi connectivity index (χ3v) is 5.60. The molecule has 1 aliphatic heterocycles. The highest BCUT2D eigenvalue weighted by molar-refractivity contribution is 5.47. The van der Waals surface area contributed by atoms with Gasteiger partial charge in [0.05, 0.1) is 37.9 Å². The molecule has 116 valence electrons. The average Bonchev–Trinajstić information content (AvgIpc) is 2.56. The molecule has 3 rings (SSSR count). The van der Waals surface area contributed by atoms with Crippen molar-refractivity contribution in [1.29, 1.82) is 0 Å². The quantitative estimate of drug-likeness (QED) is 0.899. The van der Waals surface area contributed by atoms with E-state index in [1.54, 1.807) is 17.0 Å². The van der Waals surface area contributed by atoms with E-state index in [0.717, 1.165) is 43.8 Å². The normalized spacial score (nSPS) is 27.8. The Bertz CT molecular complexity index is 446. The van der Waals surface area contributed by atoms with E-state index in [1.165, 1.54) is 32.1 Å². The highest BCUT2D eigenvalue weighted by atomic mass is 19.1. The Kier molecular flexibility index (Phi) is 4.79. The van der Waals surface area contributed by atoms with Crippen LogP contribution in [0.1, 0.15) is 39.0 Å². The van der Waals surface area contributed by atoms with E-state index in [1.807, 2.05) is 12.1 Å². The van der Waals surface area contributed by atoms with Crippen molar-refractivity contribution in [2.45, 2.75) is 45.1 Å². The van der Waals surface area contributed by atoms with Gasteiger partial charge in [-0.05, 0) is 43.7 Å². The van der Waals surface area contributed by atoms with E-state index < -0.39 is 0 Å². The topological polar surface area (TPSA) is 7.68 Å². The smallest absolute Gasteiger partial charge is 0.146 e. The molecule has 1 N–H and O–H groups in total. The molecule has 3 heteroatoms. The number of halogens is 1. The van der Waals surface area contributed by atoms with Crippen molar-refractivity contribution in [3.8, 4) is 0 Å². The van der Waals surface area contributed by atoms with Crippen molar-refractivity contribution in [2.75, 3.05) is 31.1 Å². The van der Waals surface area contributed by atoms with Gasteiger partial charge in [-0.15, -0.1) is 0 Å². The molecule has 1 heterocycles. The zero-order valence-corrected chi connectivity index (χ0v) is 13.2. The summed E-state index contributed by atoms with van der Waals surface area (Å²) < 4.78 is 13.9. The monoisotopic (exact) mass is 291 g/mol. The van der Waals surface area contributed by atoms with Gasteiger partial charge in [0.25, 0.3) is 0 Å². The van der Waals surface area contributed by atoms with Gasteiger partial charge in [0, 0.05) is 0 Å². The lowest BCUT2D eigenvalue weighted by molar-refractivity contribution is -0.927. The van der Waals surface area contributed by atoms with E-state index in [-0.39, 0.29) is 5.82 Å². The summed E-state index contributed by atoms with van der Waals surface area (Å²) >= 11 is 0. The molecule has 1 saturated heterocycles. The van der Waals surface area contributed by atoms with E-state index >= 15 is 0 Å². The molecular formula is C18H28FN2+. The van der Waals surface area contributed by atoms with Crippen LogP contribution in [0.2, 0.25) is 0 Å². The first-order valence-electron chi connectivity index (χ1n) is 8.62. The first-order chi connectivity index (χ1) is 10.3. The van der Waals surface area contributed by atoms with Crippen molar-refractivity contribution < 1.29 is 9.29 Å². The Labute approximate surface area is 127 Å². The first kappa shape index (κ1) is 14.8. The Balaban J connectivity index is 1.53. The van der Waals surface area contributed by atoms with E-state index in [2.05, 4.69) is 11.8 Å². The second-order valence-electron chi connectivity index (χ2n) is 6.72. The van der Waals surface area contributed by atoms with Crippen LogP contribution in [0.25, 0.3) is 0 Å². The molecule has 1 saturated carbocycles. The molecule has 1 aromatic rings. The van der Waals surface area contributed by atoms with E-state index in [9.17, 15) is 4.39 Å². The summed E-state index contributed by atoms with van der Waals surface area (Å²) in [4.78, 5) is 3.98. The second kappa shape index (κ2) is 6.78. The number of anilines is 1. The maximum atomic E-state index is 13.9. The molecule has 2 aliphatic rings. The lowest BCUT2D eigenvalue weighted by Crippen LogP contribution is -3.18. The van der Waals surface area contributed by atoms with Gasteiger partial charge < -0.3 is 9.80 Å². The molecule has 0 amide bonds. The number of piperazine rings is 1. The largest absolute Gasteiger partial charge is 0.358 e. The summed E-state index contributed by atoms with van der Waals surface area (Å²) in [5.74, 6) is 0.893. The Morgan fingerprint density at radius 3 is 2.38 bits per heavy atom. The molecule has 0 radical (unpaired) electrons. The van der Waals surface area contributed by atoms with E-state index in [0.29, 0.717) is 0 Å². The van der Waals surface area contributed by atoms with Gasteiger partial charge in [-0.2, -0.15) is 0 Å². The summed E-state index contributed by atoms with van der Waals surface area (Å²) in [6.07, 6.45) is 6.98. The van der Waals surface area contributed by atoms with Crippen LogP contribution in [0.3, 0.4) is 0 Å². The lowest BCUT2D eigenvalue weighted by atomic mass is 9.84. The number of benzene rings is 1. The molecule has 0 unspecified atom stereocenters. The Hall–Kier alpha value is -1.09. The Morgan fingerprint density at radius 2 is 1.76 bits per heavy atom. The van der Waals surface area contributed by atoms with Crippen molar-refractivity contribution in [3.63, 3.8) is 0 Å². The van der Waals surface area contributed by atoms with E-state index in [4.69, 9.17) is 0 Å². The van der Waals surface area contributed by atoms with Gasteiger partial charge in [0.2, 0.25) is 0 Å². The lowest BCUT2D eigenvalue weighted by Gasteiger charge is -2.40. The minimum Gasteiger partial charge on any atom is -0.358 e. The summed E-state index contributed by atoms with van der Waals surface area (Å²) in [6, 6.07) is 8.04. The van der Waals surface area contributed by atoms with Gasteiger partial charge >= 0.3 is 0 Å². The molecule has 0 spiro atoms. The SMILES string of the molecule is CCC1CCC([NH+]2CCN(c3ccccc3F)CC2)CC1. The number of rotatable bonds is 3. The van der Waals surface area contributed by atoms with Crippen LogP contribution in [0, 0.1) is 11.7 Å². The van der Waals surface area contributed by atoms with Gasteiger partial charge in [0.1, 0.15) is 5.82 Å². The summed E-state index contributed by atoms with van der Waals surface area (Å²) in [6.45, 7) is 6.63.